The van der Waals surface area contributed by atoms with Gasteiger partial charge in [0.05, 0.1) is 0 Å². The van der Waals surface area contributed by atoms with Crippen molar-refractivity contribution in [2.24, 2.45) is 0 Å². The van der Waals surface area contributed by atoms with E-state index in [1.807, 2.05) is 83.6 Å². The van der Waals surface area contributed by atoms with Crippen LogP contribution in [0.5, 0.6) is 0 Å². The Labute approximate surface area is 522 Å². The summed E-state index contributed by atoms with van der Waals surface area (Å²) in [4.78, 5) is 51.5. The van der Waals surface area contributed by atoms with E-state index in [4.69, 9.17) is 0 Å². The standard InChI is InChI=1S/4C7H12NO.4C2H6.4C2H3.4K/c4*1-6(9)7-4-3-5-8(7)2;8*1-2;;;;/h4*3,7H,4-5H2,1-2H3;4*1-2H3;4*1H,2H2;;;;/q4*-1;;;;;4*-1;4*+1/t4*7-;;;;;;;;;;;;/m1100............/s1. The van der Waals surface area contributed by atoms with Gasteiger partial charge >= 0.3 is 206 Å². The Balaban J connectivity index is -0.0000000402. The maximum absolute atomic E-state index is 10.8. The minimum absolute atomic E-state index is 0. The molecule has 4 aliphatic rings. The Morgan fingerprint density at radius 1 is 0.375 bits per heavy atom. The maximum atomic E-state index is 10.8. The second-order valence-corrected chi connectivity index (χ2v) is 10.4. The minimum atomic E-state index is 0. The molecule has 0 amide bonds. The van der Waals surface area contributed by atoms with Crippen LogP contribution in [0.2, 0.25) is 0 Å². The molecule has 0 aromatic rings. The van der Waals surface area contributed by atoms with Gasteiger partial charge in [0, 0.05) is 24.2 Å². The van der Waals surface area contributed by atoms with Crippen molar-refractivity contribution >= 4 is 23.1 Å². The minimum Gasteiger partial charge on any atom is -0.521 e. The summed E-state index contributed by atoms with van der Waals surface area (Å²) in [6.45, 7) is 54.5. The average molecular weight is 890 g/mol. The van der Waals surface area contributed by atoms with Crippen molar-refractivity contribution in [3.05, 3.63) is 78.3 Å². The van der Waals surface area contributed by atoms with Gasteiger partial charge in [0.1, 0.15) is 23.1 Å². The quantitative estimate of drug-likeness (QED) is 0.213. The van der Waals surface area contributed by atoms with Crippen LogP contribution in [-0.2, 0) is 19.2 Å². The molecule has 8 nitrogen and oxygen atoms in total. The van der Waals surface area contributed by atoms with Crippen LogP contribution in [0.4, 0.5) is 0 Å². The average Bonchev–Trinajstić information content (AvgIpc) is 4.01. The molecule has 4 heterocycles. The number of likely N-dealkylation sites (N-methyl/N-ethyl adjacent to an activating group) is 4. The number of hydrogen-bond acceptors (Lipinski definition) is 8. The van der Waals surface area contributed by atoms with E-state index in [2.05, 4.69) is 97.9 Å². The molecule has 0 spiro atoms. The van der Waals surface area contributed by atoms with Crippen LogP contribution in [0.3, 0.4) is 0 Å². The van der Waals surface area contributed by atoms with Gasteiger partial charge in [-0.05, 0) is 55.9 Å². The molecule has 4 aliphatic heterocycles. The van der Waals surface area contributed by atoms with E-state index in [0.29, 0.717) is 0 Å². The van der Waals surface area contributed by atoms with Gasteiger partial charge < -0.3 is 71.6 Å². The molecule has 0 N–H and O–H groups in total. The number of nitrogens with zero attached hydrogens (tertiary/aromatic N) is 4. The Kier molecular flexibility index (Phi) is 119. The predicted molar refractivity (Wildman–Crippen MR) is 229 cm³/mol. The van der Waals surface area contributed by atoms with E-state index < -0.39 is 0 Å². The van der Waals surface area contributed by atoms with E-state index in [0.717, 1.165) is 51.9 Å². The van der Waals surface area contributed by atoms with Crippen molar-refractivity contribution in [2.75, 3.05) is 54.4 Å². The first-order valence-electron chi connectivity index (χ1n) is 18.6. The number of Topliss-reactive ketones (excluding diaryl/α,β-unsaturated/α-hetero) is 4. The molecular formula is C44H84K4N4O4-4. The summed E-state index contributed by atoms with van der Waals surface area (Å²) >= 11 is 0. The third kappa shape index (κ3) is 52.4. The zero-order chi connectivity index (χ0) is 43.4. The fourth-order valence-electron chi connectivity index (χ4n) is 4.88. The zero-order valence-electron chi connectivity index (χ0n) is 40.8. The van der Waals surface area contributed by atoms with E-state index in [1.165, 1.54) is 0 Å². The topological polar surface area (TPSA) is 81.2 Å². The van der Waals surface area contributed by atoms with Crippen LogP contribution in [0.15, 0.2) is 26.3 Å². The SMILES string of the molecule is CC.CC.CC.CC.CC(=O)[C@@H]1C[CH-]CN1C.CC(=O)[C@@H]1C[CH-]CN1C.CC(=O)[C@H]1C[CH-]CN1C.CC(=O)[C@H]1C[CH-]CN1C.[CH-]=C.[CH-]=C.[CH-]=C.[CH-]=C.[K+].[K+].[K+].[K+]. The van der Waals surface area contributed by atoms with Crippen molar-refractivity contribution in [1.82, 2.24) is 19.6 Å². The van der Waals surface area contributed by atoms with Crippen molar-refractivity contribution in [3.63, 3.8) is 0 Å². The molecule has 12 heteroatoms. The summed E-state index contributed by atoms with van der Waals surface area (Å²) < 4.78 is 0. The molecule has 4 saturated heterocycles. The molecule has 0 aliphatic carbocycles. The normalized spacial score (nSPS) is 19.3. The molecule has 0 aromatic heterocycles. The van der Waals surface area contributed by atoms with E-state index >= 15 is 0 Å². The molecule has 0 radical (unpaired) electrons. The first-order chi connectivity index (χ1) is 24.9. The van der Waals surface area contributed by atoms with Gasteiger partial charge in [-0.25, -0.2) is 0 Å². The van der Waals surface area contributed by atoms with E-state index in [-0.39, 0.29) is 253 Å². The first kappa shape index (κ1) is 90.7. The van der Waals surface area contributed by atoms with Crippen LogP contribution < -0.4 is 206 Å². The van der Waals surface area contributed by atoms with Gasteiger partial charge in [0.15, 0.2) is 0 Å². The number of hydrogen-bond donors (Lipinski definition) is 0. The summed E-state index contributed by atoms with van der Waals surface area (Å²) in [6.07, 6.45) is 12.3. The maximum Gasteiger partial charge on any atom is 1.00 e. The molecule has 4 fully saturated rings. The van der Waals surface area contributed by atoms with E-state index in [9.17, 15) is 19.2 Å². The largest absolute Gasteiger partial charge is 1.00 e. The Bertz CT molecular complexity index is 685. The second kappa shape index (κ2) is 73.4. The Morgan fingerprint density at radius 3 is 0.518 bits per heavy atom. The first-order valence-corrected chi connectivity index (χ1v) is 18.6. The Morgan fingerprint density at radius 2 is 0.482 bits per heavy atom. The van der Waals surface area contributed by atoms with Gasteiger partial charge in [0.2, 0.25) is 0 Å². The van der Waals surface area contributed by atoms with Gasteiger partial charge in [-0.15, -0.1) is 26.2 Å². The summed E-state index contributed by atoms with van der Waals surface area (Å²) in [5, 5.41) is 0. The third-order valence-electron chi connectivity index (χ3n) is 7.23. The Hall–Kier alpha value is 4.03. The molecule has 4 rings (SSSR count). The van der Waals surface area contributed by atoms with Gasteiger partial charge in [-0.2, -0.15) is 25.7 Å². The summed E-state index contributed by atoms with van der Waals surface area (Å²) in [5.74, 6) is 1.13. The van der Waals surface area contributed by atoms with Crippen molar-refractivity contribution in [2.45, 2.75) is 133 Å². The van der Waals surface area contributed by atoms with Crippen molar-refractivity contribution in [3.8, 4) is 0 Å². The van der Waals surface area contributed by atoms with Gasteiger partial charge in [-0.1, -0.05) is 55.4 Å². The number of rotatable bonds is 4. The number of carbonyl (C=O) groups is 4. The zero-order valence-corrected chi connectivity index (χ0v) is 53.3. The molecule has 0 saturated carbocycles. The number of carbonyl (C=O) groups excluding carboxylic acids is 4. The summed E-state index contributed by atoms with van der Waals surface area (Å²) in [6, 6.07) is 0.685. The van der Waals surface area contributed by atoms with Crippen LogP contribution in [0, 0.1) is 52.0 Å². The summed E-state index contributed by atoms with van der Waals surface area (Å²) in [5.41, 5.74) is 0. The molecule has 0 unspecified atom stereocenters. The second-order valence-electron chi connectivity index (χ2n) is 10.4. The number of likely N-dealkylation sites (tertiary alicyclic amines) is 4. The smallest absolute Gasteiger partial charge is 0.521 e. The molecule has 56 heavy (non-hydrogen) atoms. The van der Waals surface area contributed by atoms with Crippen molar-refractivity contribution < 1.29 is 225 Å². The summed E-state index contributed by atoms with van der Waals surface area (Å²) in [7, 11) is 7.93. The molecule has 4 atom stereocenters. The molecular weight excluding hydrogens is 805 g/mol. The third-order valence-corrected chi connectivity index (χ3v) is 7.23. The van der Waals surface area contributed by atoms with Gasteiger partial charge in [0.25, 0.3) is 0 Å². The molecule has 0 bridgehead atoms. The van der Waals surface area contributed by atoms with E-state index in [1.54, 1.807) is 27.7 Å². The monoisotopic (exact) mass is 889 g/mol. The van der Waals surface area contributed by atoms with Crippen LogP contribution in [-0.4, -0.2) is 121 Å². The molecule has 312 valence electrons. The van der Waals surface area contributed by atoms with Crippen molar-refractivity contribution in [1.29, 1.82) is 0 Å². The number of ketones is 4. The fourth-order valence-corrected chi connectivity index (χ4v) is 4.88. The van der Waals surface area contributed by atoms with Gasteiger partial charge in [-0.3, -0.25) is 45.5 Å². The predicted octanol–water partition coefficient (Wildman–Crippen LogP) is -3.52. The fraction of sp³-hybridized carbons (Fsp3) is 0.636. The molecule has 0 aromatic carbocycles. The van der Waals surface area contributed by atoms with Crippen LogP contribution in [0.25, 0.3) is 0 Å². The van der Waals surface area contributed by atoms with Crippen LogP contribution >= 0.6 is 0 Å². The van der Waals surface area contributed by atoms with Crippen LogP contribution in [0.1, 0.15) is 109 Å².